The summed E-state index contributed by atoms with van der Waals surface area (Å²) in [6.07, 6.45) is 1.83. The Morgan fingerprint density at radius 3 is 2.80 bits per heavy atom. The molecule has 0 N–H and O–H groups in total. The first-order valence-electron chi connectivity index (χ1n) is 7.34. The van der Waals surface area contributed by atoms with Gasteiger partial charge in [-0.05, 0) is 29.7 Å². The number of hydrogen-bond donors (Lipinski definition) is 0. The van der Waals surface area contributed by atoms with Crippen molar-refractivity contribution in [1.29, 1.82) is 0 Å². The third-order valence-corrected chi connectivity index (χ3v) is 5.16. The van der Waals surface area contributed by atoms with Gasteiger partial charge in [0.05, 0.1) is 10.1 Å². The van der Waals surface area contributed by atoms with E-state index in [0.29, 0.717) is 26.6 Å². The Morgan fingerprint density at radius 1 is 1.24 bits per heavy atom. The van der Waals surface area contributed by atoms with Crippen molar-refractivity contribution in [3.05, 3.63) is 61.5 Å². The molecule has 0 saturated carbocycles. The smallest absolute Gasteiger partial charge is 0.308 e. The van der Waals surface area contributed by atoms with Crippen LogP contribution in [0, 0.1) is 0 Å². The Balaban J connectivity index is 1.82. The van der Waals surface area contributed by atoms with Crippen molar-refractivity contribution in [2.24, 2.45) is 0 Å². The summed E-state index contributed by atoms with van der Waals surface area (Å²) in [5, 5.41) is 6.25. The molecule has 0 fully saturated rings. The van der Waals surface area contributed by atoms with Crippen molar-refractivity contribution in [2.45, 2.75) is 6.92 Å². The third-order valence-electron chi connectivity index (χ3n) is 3.38. The second-order valence-corrected chi connectivity index (χ2v) is 7.14. The molecule has 0 spiro atoms. The number of thiophene rings is 1. The van der Waals surface area contributed by atoms with Crippen LogP contribution >= 0.6 is 22.7 Å². The van der Waals surface area contributed by atoms with Gasteiger partial charge in [-0.2, -0.15) is 9.50 Å². The first kappa shape index (κ1) is 15.7. The van der Waals surface area contributed by atoms with Crippen LogP contribution in [0.5, 0.6) is 5.75 Å². The van der Waals surface area contributed by atoms with Crippen LogP contribution in [0.4, 0.5) is 0 Å². The summed E-state index contributed by atoms with van der Waals surface area (Å²) in [5.41, 5.74) is 0.355. The van der Waals surface area contributed by atoms with Gasteiger partial charge in [-0.25, -0.2) is 0 Å². The fourth-order valence-corrected chi connectivity index (χ4v) is 3.98. The highest BCUT2D eigenvalue weighted by atomic mass is 32.1. The molecule has 0 radical (unpaired) electrons. The lowest BCUT2D eigenvalue weighted by molar-refractivity contribution is -0.131. The molecule has 0 aliphatic rings. The van der Waals surface area contributed by atoms with Gasteiger partial charge in [0.15, 0.2) is 5.82 Å². The maximum Gasteiger partial charge on any atom is 0.308 e. The predicted octanol–water partition coefficient (Wildman–Crippen LogP) is 2.35. The molecule has 3 heterocycles. The molecule has 0 atom stereocenters. The molecule has 8 heteroatoms. The van der Waals surface area contributed by atoms with Crippen LogP contribution < -0.4 is 14.8 Å². The molecule has 0 aliphatic carbocycles. The SMILES string of the molecule is CC(=O)Oc1ccccc1-c1nc2sc(=Cc3cccs3)c(=O)n2n1. The number of aromatic nitrogens is 3. The van der Waals surface area contributed by atoms with Crippen LogP contribution in [0.2, 0.25) is 0 Å². The van der Waals surface area contributed by atoms with Gasteiger partial charge in [0.2, 0.25) is 4.96 Å². The predicted molar refractivity (Wildman–Crippen MR) is 97.0 cm³/mol. The molecule has 0 amide bonds. The molecule has 0 bridgehead atoms. The van der Waals surface area contributed by atoms with Gasteiger partial charge in [0, 0.05) is 11.8 Å². The normalized spacial score (nSPS) is 12.0. The highest BCUT2D eigenvalue weighted by molar-refractivity contribution is 7.15. The number of fused-ring (bicyclic) bond motifs is 1. The van der Waals surface area contributed by atoms with Crippen molar-refractivity contribution in [3.63, 3.8) is 0 Å². The number of hydrogen-bond acceptors (Lipinski definition) is 7. The number of benzene rings is 1. The molecule has 124 valence electrons. The summed E-state index contributed by atoms with van der Waals surface area (Å²) in [7, 11) is 0. The van der Waals surface area contributed by atoms with Crippen molar-refractivity contribution in [1.82, 2.24) is 14.6 Å². The standard InChI is InChI=1S/C17H11N3O3S2/c1-10(21)23-13-7-3-2-6-12(13)15-18-17-20(19-15)16(22)14(25-17)9-11-5-4-8-24-11/h2-9H,1H3. The number of thiazole rings is 1. The summed E-state index contributed by atoms with van der Waals surface area (Å²) in [6, 6.07) is 10.8. The molecule has 4 aromatic rings. The minimum atomic E-state index is -0.425. The van der Waals surface area contributed by atoms with Crippen molar-refractivity contribution in [3.8, 4) is 17.1 Å². The maximum atomic E-state index is 12.5. The van der Waals surface area contributed by atoms with Gasteiger partial charge in [-0.3, -0.25) is 9.59 Å². The fourth-order valence-electron chi connectivity index (χ4n) is 2.35. The summed E-state index contributed by atoms with van der Waals surface area (Å²) < 4.78 is 7.05. The van der Waals surface area contributed by atoms with Gasteiger partial charge >= 0.3 is 5.97 Å². The highest BCUT2D eigenvalue weighted by Gasteiger charge is 2.16. The molecule has 1 aromatic carbocycles. The maximum absolute atomic E-state index is 12.5. The van der Waals surface area contributed by atoms with Gasteiger partial charge in [-0.15, -0.1) is 16.4 Å². The summed E-state index contributed by atoms with van der Waals surface area (Å²) in [4.78, 5) is 29.7. The zero-order valence-electron chi connectivity index (χ0n) is 13.0. The molecule has 0 saturated heterocycles. The van der Waals surface area contributed by atoms with E-state index in [9.17, 15) is 9.59 Å². The van der Waals surface area contributed by atoms with E-state index in [1.807, 2.05) is 23.6 Å². The summed E-state index contributed by atoms with van der Waals surface area (Å²) in [6.45, 7) is 1.33. The molecular formula is C17H11N3O3S2. The topological polar surface area (TPSA) is 73.6 Å². The first-order valence-corrected chi connectivity index (χ1v) is 9.04. The van der Waals surface area contributed by atoms with Crippen LogP contribution in [0.3, 0.4) is 0 Å². The second kappa shape index (κ2) is 6.23. The molecule has 3 aromatic heterocycles. The van der Waals surface area contributed by atoms with E-state index in [0.717, 1.165) is 4.88 Å². The number of para-hydroxylation sites is 1. The Kier molecular flexibility index (Phi) is 3.90. The largest absolute Gasteiger partial charge is 0.426 e. The first-order chi connectivity index (χ1) is 12.1. The minimum absolute atomic E-state index is 0.211. The molecule has 25 heavy (non-hydrogen) atoms. The van der Waals surface area contributed by atoms with E-state index in [2.05, 4.69) is 10.1 Å². The van der Waals surface area contributed by atoms with Crippen LogP contribution in [0.1, 0.15) is 11.8 Å². The van der Waals surface area contributed by atoms with E-state index >= 15 is 0 Å². The lowest BCUT2D eigenvalue weighted by Gasteiger charge is -2.04. The number of nitrogens with zero attached hydrogens (tertiary/aromatic N) is 3. The number of rotatable bonds is 3. The zero-order chi connectivity index (χ0) is 17.4. The Morgan fingerprint density at radius 2 is 2.08 bits per heavy atom. The van der Waals surface area contributed by atoms with E-state index in [1.54, 1.807) is 35.6 Å². The highest BCUT2D eigenvalue weighted by Crippen LogP contribution is 2.27. The van der Waals surface area contributed by atoms with Crippen LogP contribution in [-0.4, -0.2) is 20.6 Å². The molecule has 0 unspecified atom stereocenters. The van der Waals surface area contributed by atoms with Crippen LogP contribution in [-0.2, 0) is 4.79 Å². The number of carbonyl (C=O) groups excluding carboxylic acids is 1. The van der Waals surface area contributed by atoms with Crippen LogP contribution in [0.25, 0.3) is 22.4 Å². The van der Waals surface area contributed by atoms with Gasteiger partial charge < -0.3 is 4.74 Å². The Bertz CT molecular complexity index is 1180. The fraction of sp³-hybridized carbons (Fsp3) is 0.0588. The van der Waals surface area contributed by atoms with E-state index in [4.69, 9.17) is 4.74 Å². The van der Waals surface area contributed by atoms with Gasteiger partial charge in [0.25, 0.3) is 5.56 Å². The van der Waals surface area contributed by atoms with Crippen LogP contribution in [0.15, 0.2) is 46.6 Å². The summed E-state index contributed by atoms with van der Waals surface area (Å²) >= 11 is 2.84. The van der Waals surface area contributed by atoms with Gasteiger partial charge in [-0.1, -0.05) is 29.5 Å². The Labute approximate surface area is 149 Å². The average Bonchev–Trinajstić information content (AvgIpc) is 3.28. The quantitative estimate of drug-likeness (QED) is 0.409. The number of carbonyl (C=O) groups is 1. The molecule has 0 aliphatic heterocycles. The molecule has 4 rings (SSSR count). The Hall–Kier alpha value is -2.84. The second-order valence-electron chi connectivity index (χ2n) is 5.15. The van der Waals surface area contributed by atoms with Gasteiger partial charge in [0.1, 0.15) is 5.75 Å². The summed E-state index contributed by atoms with van der Waals surface area (Å²) in [5.74, 6) is 0.291. The van der Waals surface area contributed by atoms with E-state index < -0.39 is 5.97 Å². The molecular weight excluding hydrogens is 358 g/mol. The van der Waals surface area contributed by atoms with E-state index in [1.165, 1.54) is 22.8 Å². The average molecular weight is 369 g/mol. The molecule has 6 nitrogen and oxygen atoms in total. The minimum Gasteiger partial charge on any atom is -0.426 e. The van der Waals surface area contributed by atoms with E-state index in [-0.39, 0.29) is 5.56 Å². The van der Waals surface area contributed by atoms with Crippen molar-refractivity contribution < 1.29 is 9.53 Å². The third kappa shape index (κ3) is 2.97. The lowest BCUT2D eigenvalue weighted by Crippen LogP contribution is -2.23. The number of esters is 1. The van der Waals surface area contributed by atoms with Crippen molar-refractivity contribution >= 4 is 39.7 Å². The lowest BCUT2D eigenvalue weighted by atomic mass is 10.2. The number of ether oxygens (including phenoxy) is 1. The zero-order valence-corrected chi connectivity index (χ0v) is 14.6. The monoisotopic (exact) mass is 369 g/mol. The van der Waals surface area contributed by atoms with Crippen molar-refractivity contribution in [2.75, 3.05) is 0 Å².